The number of hydrogen-bond acceptors (Lipinski definition) is 4. The number of aliphatic imine (C=N–C) groups is 1. The van der Waals surface area contributed by atoms with E-state index in [9.17, 15) is 9.50 Å². The normalized spacial score (nSPS) is 17.6. The van der Waals surface area contributed by atoms with E-state index in [1.54, 1.807) is 12.1 Å². The molecule has 1 unspecified atom stereocenters. The van der Waals surface area contributed by atoms with E-state index in [0.29, 0.717) is 12.3 Å². The highest BCUT2D eigenvalue weighted by atomic mass is 19.1. The maximum Gasteiger partial charge on any atom is 0.191 e. The van der Waals surface area contributed by atoms with Crippen molar-refractivity contribution in [1.29, 1.82) is 0 Å². The van der Waals surface area contributed by atoms with Crippen LogP contribution in [0.25, 0.3) is 0 Å². The summed E-state index contributed by atoms with van der Waals surface area (Å²) in [6, 6.07) is 6.15. The molecule has 1 aliphatic rings. The number of benzene rings is 1. The first-order chi connectivity index (χ1) is 13.1. The number of piperidine rings is 1. The van der Waals surface area contributed by atoms with Crippen LogP contribution in [0.4, 0.5) is 4.39 Å². The second-order valence-electron chi connectivity index (χ2n) is 6.96. The molecule has 0 spiro atoms. The number of halogens is 1. The number of ether oxygens (including phenoxy) is 1. The van der Waals surface area contributed by atoms with Crippen molar-refractivity contribution in [2.75, 3.05) is 39.3 Å². The highest BCUT2D eigenvalue weighted by Crippen LogP contribution is 2.14. The van der Waals surface area contributed by atoms with Gasteiger partial charge < -0.3 is 25.4 Å². The zero-order valence-corrected chi connectivity index (χ0v) is 16.5. The maximum atomic E-state index is 13.2. The summed E-state index contributed by atoms with van der Waals surface area (Å²) in [4.78, 5) is 6.95. The van der Waals surface area contributed by atoms with Gasteiger partial charge in [-0.25, -0.2) is 9.38 Å². The number of aliphatic hydroxyl groups is 1. The molecule has 1 saturated heterocycles. The van der Waals surface area contributed by atoms with Gasteiger partial charge in [0.2, 0.25) is 0 Å². The van der Waals surface area contributed by atoms with Crippen molar-refractivity contribution in [1.82, 2.24) is 15.5 Å². The molecule has 2 rings (SSSR count). The van der Waals surface area contributed by atoms with Crippen molar-refractivity contribution >= 4 is 5.96 Å². The Labute approximate surface area is 161 Å². The molecule has 1 fully saturated rings. The van der Waals surface area contributed by atoms with E-state index >= 15 is 0 Å². The Hall–Kier alpha value is -1.86. The zero-order chi connectivity index (χ0) is 19.5. The van der Waals surface area contributed by atoms with Gasteiger partial charge in [-0.15, -0.1) is 0 Å². The Morgan fingerprint density at radius 2 is 2.15 bits per heavy atom. The van der Waals surface area contributed by atoms with Crippen molar-refractivity contribution in [2.45, 2.75) is 45.3 Å². The number of nitrogens with one attached hydrogen (secondary N) is 2. The minimum atomic E-state index is -0.304. The molecule has 1 aliphatic heterocycles. The summed E-state index contributed by atoms with van der Waals surface area (Å²) in [6.45, 7) is 9.03. The van der Waals surface area contributed by atoms with Gasteiger partial charge in [0.15, 0.2) is 5.96 Å². The molecular weight excluding hydrogens is 347 g/mol. The summed E-state index contributed by atoms with van der Waals surface area (Å²) in [6.07, 6.45) is 2.50. The largest absolute Gasteiger partial charge is 0.489 e. The van der Waals surface area contributed by atoms with E-state index in [-0.39, 0.29) is 18.0 Å². The van der Waals surface area contributed by atoms with Crippen molar-refractivity contribution in [3.63, 3.8) is 0 Å². The average molecular weight is 381 g/mol. The Bertz CT molecular complexity index is 577. The van der Waals surface area contributed by atoms with E-state index in [0.717, 1.165) is 57.9 Å². The third kappa shape index (κ3) is 8.58. The van der Waals surface area contributed by atoms with Crippen LogP contribution in [0.15, 0.2) is 29.3 Å². The van der Waals surface area contributed by atoms with E-state index in [4.69, 9.17) is 4.74 Å². The molecule has 1 aromatic rings. The number of nitrogens with zero attached hydrogens (tertiary/aromatic N) is 2. The molecule has 0 radical (unpaired) electrons. The molecule has 1 heterocycles. The number of guanidine groups is 1. The van der Waals surface area contributed by atoms with E-state index < -0.39 is 0 Å². The highest BCUT2D eigenvalue weighted by molar-refractivity contribution is 5.79. The first kappa shape index (κ1) is 21.4. The van der Waals surface area contributed by atoms with Crippen LogP contribution in [0.3, 0.4) is 0 Å². The summed E-state index contributed by atoms with van der Waals surface area (Å²) >= 11 is 0. The summed E-state index contributed by atoms with van der Waals surface area (Å²) < 4.78 is 18.9. The lowest BCUT2D eigenvalue weighted by Gasteiger charge is -2.29. The molecular formula is C20H33FN4O2. The van der Waals surface area contributed by atoms with Crippen molar-refractivity contribution < 1.29 is 14.2 Å². The molecule has 3 N–H and O–H groups in total. The Morgan fingerprint density at radius 3 is 2.85 bits per heavy atom. The minimum absolute atomic E-state index is 0.122. The quantitative estimate of drug-likeness (QED) is 0.347. The fourth-order valence-corrected chi connectivity index (χ4v) is 3.02. The topological polar surface area (TPSA) is 69.1 Å². The van der Waals surface area contributed by atoms with Crippen molar-refractivity contribution in [2.24, 2.45) is 4.99 Å². The summed E-state index contributed by atoms with van der Waals surface area (Å²) in [5.74, 6) is 0.977. The van der Waals surface area contributed by atoms with Crippen LogP contribution in [-0.2, 0) is 0 Å². The number of likely N-dealkylation sites (tertiary alicyclic amines) is 1. The average Bonchev–Trinajstić information content (AvgIpc) is 2.64. The molecule has 0 aliphatic carbocycles. The summed E-state index contributed by atoms with van der Waals surface area (Å²) in [7, 11) is 0. The molecule has 1 atom stereocenters. The Kier molecular flexibility index (Phi) is 9.35. The van der Waals surface area contributed by atoms with E-state index in [1.165, 1.54) is 12.1 Å². The third-order valence-electron chi connectivity index (χ3n) is 4.48. The van der Waals surface area contributed by atoms with E-state index in [1.807, 2.05) is 13.8 Å². The van der Waals surface area contributed by atoms with Gasteiger partial charge in [0, 0.05) is 32.2 Å². The minimum Gasteiger partial charge on any atom is -0.489 e. The Morgan fingerprint density at radius 1 is 1.37 bits per heavy atom. The SMILES string of the molecule is CCNC(=NCC(C)Oc1cccc(F)c1)NCCCN1CCC(O)CC1. The van der Waals surface area contributed by atoms with Crippen LogP contribution < -0.4 is 15.4 Å². The van der Waals surface area contributed by atoms with Gasteiger partial charge in [0.25, 0.3) is 0 Å². The fraction of sp³-hybridized carbons (Fsp3) is 0.650. The third-order valence-corrected chi connectivity index (χ3v) is 4.48. The summed E-state index contributed by atoms with van der Waals surface area (Å²) in [5.41, 5.74) is 0. The monoisotopic (exact) mass is 380 g/mol. The first-order valence-corrected chi connectivity index (χ1v) is 9.91. The van der Waals surface area contributed by atoms with Gasteiger partial charge in [-0.1, -0.05) is 6.07 Å². The number of aliphatic hydroxyl groups excluding tert-OH is 1. The molecule has 27 heavy (non-hydrogen) atoms. The van der Waals surface area contributed by atoms with Crippen LogP contribution in [0.2, 0.25) is 0 Å². The van der Waals surface area contributed by atoms with E-state index in [2.05, 4.69) is 20.5 Å². The fourth-order valence-electron chi connectivity index (χ4n) is 3.02. The van der Waals surface area contributed by atoms with Gasteiger partial charge >= 0.3 is 0 Å². The molecule has 0 amide bonds. The second kappa shape index (κ2) is 11.8. The van der Waals surface area contributed by atoms with Gasteiger partial charge in [-0.3, -0.25) is 0 Å². The standard InChI is InChI=1S/C20H33FN4O2/c1-3-22-20(23-10-5-11-25-12-8-18(26)9-13-25)24-15-16(2)27-19-7-4-6-17(21)14-19/h4,6-7,14,16,18,26H,3,5,8-13,15H2,1-2H3,(H2,22,23,24). The lowest BCUT2D eigenvalue weighted by atomic mass is 10.1. The lowest BCUT2D eigenvalue weighted by molar-refractivity contribution is 0.0823. The molecule has 7 heteroatoms. The number of hydrogen-bond donors (Lipinski definition) is 3. The predicted molar refractivity (Wildman–Crippen MR) is 107 cm³/mol. The van der Waals surface area contributed by atoms with Crippen LogP contribution >= 0.6 is 0 Å². The molecule has 0 aromatic heterocycles. The zero-order valence-electron chi connectivity index (χ0n) is 16.5. The van der Waals surface area contributed by atoms with Crippen LogP contribution in [0, 0.1) is 5.82 Å². The molecule has 0 bridgehead atoms. The van der Waals surface area contributed by atoms with Gasteiger partial charge in [-0.2, -0.15) is 0 Å². The van der Waals surface area contributed by atoms with Gasteiger partial charge in [-0.05, 0) is 51.8 Å². The highest BCUT2D eigenvalue weighted by Gasteiger charge is 2.16. The molecule has 6 nitrogen and oxygen atoms in total. The molecule has 0 saturated carbocycles. The lowest BCUT2D eigenvalue weighted by Crippen LogP contribution is -2.40. The van der Waals surface area contributed by atoms with Crippen LogP contribution in [0.5, 0.6) is 5.75 Å². The van der Waals surface area contributed by atoms with Gasteiger partial charge in [0.1, 0.15) is 17.7 Å². The second-order valence-corrected chi connectivity index (χ2v) is 6.96. The van der Waals surface area contributed by atoms with Crippen molar-refractivity contribution in [3.8, 4) is 5.75 Å². The maximum absolute atomic E-state index is 13.2. The Balaban J connectivity index is 1.69. The van der Waals surface area contributed by atoms with Crippen molar-refractivity contribution in [3.05, 3.63) is 30.1 Å². The van der Waals surface area contributed by atoms with Gasteiger partial charge in [0.05, 0.1) is 12.6 Å². The molecule has 1 aromatic carbocycles. The molecule has 152 valence electrons. The van der Waals surface area contributed by atoms with Crippen LogP contribution in [-0.4, -0.2) is 67.4 Å². The predicted octanol–water partition coefficient (Wildman–Crippen LogP) is 1.99. The van der Waals surface area contributed by atoms with Crippen LogP contribution in [0.1, 0.15) is 33.1 Å². The first-order valence-electron chi connectivity index (χ1n) is 9.91. The number of rotatable bonds is 9. The summed E-state index contributed by atoms with van der Waals surface area (Å²) in [5, 5.41) is 16.1. The smallest absolute Gasteiger partial charge is 0.191 e.